The number of carbonyl (C=O) groups excluding carboxylic acids is 2. The maximum Gasteiger partial charge on any atom is 0.245 e. The van der Waals surface area contributed by atoms with E-state index in [0.29, 0.717) is 0 Å². The first-order valence-electron chi connectivity index (χ1n) is 12.3. The first-order valence-corrected chi connectivity index (χ1v) is 12.3. The second kappa shape index (κ2) is 7.86. The molecule has 5 nitrogen and oxygen atoms in total. The van der Waals surface area contributed by atoms with Gasteiger partial charge in [-0.3, -0.25) is 9.59 Å². The molecule has 0 aromatic rings. The normalized spacial score (nSPS) is 38.8. The van der Waals surface area contributed by atoms with Crippen LogP contribution in [0.15, 0.2) is 0 Å². The average molecular weight is 402 g/mol. The zero-order valence-corrected chi connectivity index (χ0v) is 18.2. The third kappa shape index (κ3) is 3.84. The molecular weight excluding hydrogens is 362 g/mol. The molecule has 4 bridgehead atoms. The molecule has 5 saturated carbocycles. The quantitative estimate of drug-likeness (QED) is 0.788. The summed E-state index contributed by atoms with van der Waals surface area (Å²) in [7, 11) is 2.13. The molecule has 6 rings (SSSR count). The Hall–Kier alpha value is -1.10. The van der Waals surface area contributed by atoms with Crippen molar-refractivity contribution in [1.29, 1.82) is 0 Å². The van der Waals surface area contributed by atoms with E-state index in [1.54, 1.807) is 0 Å². The summed E-state index contributed by atoms with van der Waals surface area (Å²) in [4.78, 5) is 31.4. The smallest absolute Gasteiger partial charge is 0.245 e. The van der Waals surface area contributed by atoms with Gasteiger partial charge in [-0.1, -0.05) is 19.3 Å². The van der Waals surface area contributed by atoms with Gasteiger partial charge in [0.25, 0.3) is 0 Å². The van der Waals surface area contributed by atoms with Crippen molar-refractivity contribution < 1.29 is 9.59 Å². The van der Waals surface area contributed by atoms with Gasteiger partial charge in [-0.25, -0.2) is 0 Å². The van der Waals surface area contributed by atoms with Gasteiger partial charge in [0.1, 0.15) is 6.04 Å². The number of amides is 2. The highest BCUT2D eigenvalue weighted by Crippen LogP contribution is 2.61. The zero-order chi connectivity index (χ0) is 20.0. The lowest BCUT2D eigenvalue weighted by Gasteiger charge is -2.59. The molecule has 1 aliphatic heterocycles. The predicted octanol–water partition coefficient (Wildman–Crippen LogP) is 3.04. The van der Waals surface area contributed by atoms with Crippen molar-refractivity contribution in [3.8, 4) is 0 Å². The van der Waals surface area contributed by atoms with Crippen LogP contribution in [0, 0.1) is 29.1 Å². The van der Waals surface area contributed by atoms with Crippen LogP contribution in [0.2, 0.25) is 0 Å². The van der Waals surface area contributed by atoms with Crippen LogP contribution in [-0.4, -0.2) is 60.9 Å². The van der Waals surface area contributed by atoms with Crippen LogP contribution in [0.3, 0.4) is 0 Å². The summed E-state index contributed by atoms with van der Waals surface area (Å²) in [6.45, 7) is 3.49. The second-order valence-corrected chi connectivity index (χ2v) is 11.2. The van der Waals surface area contributed by atoms with E-state index in [2.05, 4.69) is 22.2 Å². The molecule has 0 spiro atoms. The summed E-state index contributed by atoms with van der Waals surface area (Å²) >= 11 is 0. The van der Waals surface area contributed by atoms with E-state index in [1.165, 1.54) is 25.7 Å². The van der Waals surface area contributed by atoms with E-state index in [1.807, 2.05) is 0 Å². The van der Waals surface area contributed by atoms with Crippen molar-refractivity contribution in [3.63, 3.8) is 0 Å². The van der Waals surface area contributed by atoms with E-state index in [0.717, 1.165) is 88.9 Å². The van der Waals surface area contributed by atoms with E-state index in [-0.39, 0.29) is 29.2 Å². The van der Waals surface area contributed by atoms with Crippen LogP contribution >= 0.6 is 0 Å². The van der Waals surface area contributed by atoms with Crippen molar-refractivity contribution >= 4 is 11.8 Å². The van der Waals surface area contributed by atoms with Gasteiger partial charge < -0.3 is 15.1 Å². The minimum Gasteiger partial charge on any atom is -0.344 e. The summed E-state index contributed by atoms with van der Waals surface area (Å²) < 4.78 is 0. The Morgan fingerprint density at radius 3 is 1.97 bits per heavy atom. The van der Waals surface area contributed by atoms with Gasteiger partial charge in [-0.05, 0) is 76.2 Å². The van der Waals surface area contributed by atoms with Crippen LogP contribution in [-0.2, 0) is 9.59 Å². The van der Waals surface area contributed by atoms with Gasteiger partial charge in [0.15, 0.2) is 0 Å². The molecule has 2 amide bonds. The number of hydrogen-bond acceptors (Lipinski definition) is 3. The Labute approximate surface area is 175 Å². The number of nitrogens with one attached hydrogen (secondary N) is 1. The Bertz CT molecular complexity index is 599. The number of carbonyl (C=O) groups is 2. The zero-order valence-electron chi connectivity index (χ0n) is 18.2. The molecule has 0 aromatic heterocycles. The van der Waals surface area contributed by atoms with Crippen LogP contribution in [0.4, 0.5) is 0 Å². The molecule has 1 N–H and O–H groups in total. The van der Waals surface area contributed by atoms with Gasteiger partial charge in [0.2, 0.25) is 11.8 Å². The minimum atomic E-state index is -0.284. The Morgan fingerprint density at radius 2 is 1.41 bits per heavy atom. The van der Waals surface area contributed by atoms with Crippen LogP contribution in [0.1, 0.15) is 70.6 Å². The summed E-state index contributed by atoms with van der Waals surface area (Å²) in [6, 6.07) is -0.284. The molecule has 0 unspecified atom stereocenters. The van der Waals surface area contributed by atoms with Crippen molar-refractivity contribution in [2.24, 2.45) is 29.1 Å². The summed E-state index contributed by atoms with van der Waals surface area (Å²) in [5, 5.41) is 3.41. The molecule has 0 aromatic carbocycles. The van der Waals surface area contributed by atoms with E-state index in [9.17, 15) is 9.59 Å². The van der Waals surface area contributed by atoms with Gasteiger partial charge in [-0.2, -0.15) is 0 Å². The third-order valence-electron chi connectivity index (χ3n) is 9.02. The maximum atomic E-state index is 13.8. The number of nitrogens with zero attached hydrogens (tertiary/aromatic N) is 2. The lowest BCUT2D eigenvalue weighted by molar-refractivity contribution is -0.151. The van der Waals surface area contributed by atoms with Crippen molar-refractivity contribution in [1.82, 2.24) is 15.1 Å². The first kappa shape index (κ1) is 19.8. The van der Waals surface area contributed by atoms with Crippen LogP contribution in [0.5, 0.6) is 0 Å². The summed E-state index contributed by atoms with van der Waals surface area (Å²) in [5.41, 5.74) is 0.0273. The molecule has 5 aliphatic carbocycles. The fourth-order valence-electron chi connectivity index (χ4n) is 7.84. The van der Waals surface area contributed by atoms with E-state index < -0.39 is 0 Å². The highest BCUT2D eigenvalue weighted by atomic mass is 16.2. The molecule has 162 valence electrons. The van der Waals surface area contributed by atoms with Crippen LogP contribution in [0.25, 0.3) is 0 Å². The number of hydrogen-bond donors (Lipinski definition) is 1. The highest BCUT2D eigenvalue weighted by Gasteiger charge is 2.57. The lowest BCUT2D eigenvalue weighted by atomic mass is 9.47. The molecule has 1 atom stereocenters. The summed E-state index contributed by atoms with van der Waals surface area (Å²) in [5.74, 6) is 2.89. The predicted molar refractivity (Wildman–Crippen MR) is 113 cm³/mol. The lowest BCUT2D eigenvalue weighted by Crippen LogP contribution is -2.64. The minimum absolute atomic E-state index is 0.0273. The highest BCUT2D eigenvalue weighted by molar-refractivity contribution is 5.89. The Morgan fingerprint density at radius 1 is 0.862 bits per heavy atom. The SMILES string of the molecule is CN1CCN(C(=O)[C@@H](NC(=O)C2CCCCC2)C23CC4CC(CC(C4)C2)C3)CC1. The molecule has 29 heavy (non-hydrogen) atoms. The van der Waals surface area contributed by atoms with E-state index >= 15 is 0 Å². The molecule has 1 saturated heterocycles. The fourth-order valence-corrected chi connectivity index (χ4v) is 7.84. The third-order valence-corrected chi connectivity index (χ3v) is 9.02. The Balaban J connectivity index is 1.38. The van der Waals surface area contributed by atoms with Crippen molar-refractivity contribution in [2.75, 3.05) is 33.2 Å². The monoisotopic (exact) mass is 401 g/mol. The van der Waals surface area contributed by atoms with E-state index in [4.69, 9.17) is 0 Å². The number of likely N-dealkylation sites (N-methyl/N-ethyl adjacent to an activating group) is 1. The fraction of sp³-hybridized carbons (Fsp3) is 0.917. The first-order chi connectivity index (χ1) is 14.0. The van der Waals surface area contributed by atoms with Gasteiger partial charge in [0, 0.05) is 37.5 Å². The molecule has 1 heterocycles. The van der Waals surface area contributed by atoms with Crippen LogP contribution < -0.4 is 5.32 Å². The van der Waals surface area contributed by atoms with Crippen molar-refractivity contribution in [3.05, 3.63) is 0 Å². The molecule has 0 radical (unpaired) electrons. The van der Waals surface area contributed by atoms with Gasteiger partial charge in [0.05, 0.1) is 0 Å². The topological polar surface area (TPSA) is 52.6 Å². The number of rotatable bonds is 4. The largest absolute Gasteiger partial charge is 0.344 e. The molecule has 5 heteroatoms. The van der Waals surface area contributed by atoms with Gasteiger partial charge >= 0.3 is 0 Å². The summed E-state index contributed by atoms with van der Waals surface area (Å²) in [6.07, 6.45) is 13.2. The Kier molecular flexibility index (Phi) is 5.38. The standard InChI is InChI=1S/C24H39N3O2/c1-26-7-9-27(10-8-26)23(29)21(25-22(28)20-5-3-2-4-6-20)24-14-17-11-18(15-24)13-19(12-17)16-24/h17-21H,2-16H2,1H3,(H,25,28)/t17?,18?,19?,21-,24?/m1/s1. The second-order valence-electron chi connectivity index (χ2n) is 11.2. The maximum absolute atomic E-state index is 13.8. The molecule has 6 fully saturated rings. The molecular formula is C24H39N3O2. The molecule has 6 aliphatic rings. The van der Waals surface area contributed by atoms with Gasteiger partial charge in [-0.15, -0.1) is 0 Å². The number of piperazine rings is 1. The average Bonchev–Trinajstić information content (AvgIpc) is 2.71. The van der Waals surface area contributed by atoms with Crippen molar-refractivity contribution in [2.45, 2.75) is 76.7 Å².